The molecular weight excluding hydrogens is 206 g/mol. The Hall–Kier alpha value is -2.04. The number of hydrogen-bond acceptors (Lipinski definition) is 2. The Bertz CT molecular complexity index is 407. The van der Waals surface area contributed by atoms with E-state index in [-0.39, 0.29) is 12.5 Å². The summed E-state index contributed by atoms with van der Waals surface area (Å²) in [4.78, 5) is 14.0. The van der Waals surface area contributed by atoms with Gasteiger partial charge in [-0.3, -0.25) is 4.79 Å². The van der Waals surface area contributed by atoms with E-state index in [1.54, 1.807) is 0 Å². The van der Waals surface area contributed by atoms with Crippen molar-refractivity contribution >= 4 is 17.6 Å². The molecule has 0 saturated carbocycles. The minimum Gasteiger partial charge on any atom is -0.480 e. The molecule has 0 spiro atoms. The van der Waals surface area contributed by atoms with Crippen molar-refractivity contribution in [2.45, 2.75) is 13.8 Å². The predicted octanol–water partition coefficient (Wildman–Crippen LogP) is 1.11. The number of para-hydroxylation sites is 1. The van der Waals surface area contributed by atoms with Gasteiger partial charge in [-0.15, -0.1) is 0 Å². The van der Waals surface area contributed by atoms with Crippen LogP contribution in [0.5, 0.6) is 0 Å². The van der Waals surface area contributed by atoms with Crippen molar-refractivity contribution in [3.8, 4) is 0 Å². The number of benzene rings is 1. The van der Waals surface area contributed by atoms with Crippen LogP contribution in [0.25, 0.3) is 0 Å². The third-order valence-corrected chi connectivity index (χ3v) is 2.12. The van der Waals surface area contributed by atoms with Crippen LogP contribution in [0, 0.1) is 13.8 Å². The maximum atomic E-state index is 10.3. The first-order valence-electron chi connectivity index (χ1n) is 4.85. The van der Waals surface area contributed by atoms with Crippen molar-refractivity contribution in [1.82, 2.24) is 0 Å². The number of rotatable bonds is 3. The van der Waals surface area contributed by atoms with E-state index in [0.29, 0.717) is 0 Å². The average molecular weight is 221 g/mol. The summed E-state index contributed by atoms with van der Waals surface area (Å²) >= 11 is 0. The summed E-state index contributed by atoms with van der Waals surface area (Å²) in [7, 11) is 0. The topological polar surface area (TPSA) is 87.7 Å². The van der Waals surface area contributed by atoms with Gasteiger partial charge < -0.3 is 16.2 Å². The number of hydrogen-bond donors (Lipinski definition) is 3. The van der Waals surface area contributed by atoms with Gasteiger partial charge in [0.15, 0.2) is 5.96 Å². The van der Waals surface area contributed by atoms with Crippen LogP contribution in [0.3, 0.4) is 0 Å². The highest BCUT2D eigenvalue weighted by Gasteiger charge is 2.03. The smallest absolute Gasteiger partial charge is 0.325 e. The number of carboxylic acid groups (broad SMARTS) is 1. The van der Waals surface area contributed by atoms with E-state index in [2.05, 4.69) is 10.3 Å². The summed E-state index contributed by atoms with van der Waals surface area (Å²) in [6.45, 7) is 3.56. The molecule has 0 unspecified atom stereocenters. The van der Waals surface area contributed by atoms with Crippen molar-refractivity contribution < 1.29 is 9.90 Å². The Morgan fingerprint density at radius 2 is 2.00 bits per heavy atom. The molecule has 16 heavy (non-hydrogen) atoms. The van der Waals surface area contributed by atoms with Gasteiger partial charge in [0.1, 0.15) is 6.54 Å². The molecule has 0 saturated heterocycles. The van der Waals surface area contributed by atoms with Crippen molar-refractivity contribution in [2.24, 2.45) is 10.7 Å². The van der Waals surface area contributed by atoms with E-state index in [0.717, 1.165) is 16.8 Å². The van der Waals surface area contributed by atoms with Crippen molar-refractivity contribution in [2.75, 3.05) is 11.9 Å². The van der Waals surface area contributed by atoms with Crippen LogP contribution in [0.2, 0.25) is 0 Å². The van der Waals surface area contributed by atoms with Crippen molar-refractivity contribution in [3.05, 3.63) is 29.3 Å². The third-order valence-electron chi connectivity index (χ3n) is 2.12. The number of aliphatic carboxylic acids is 1. The fraction of sp³-hybridized carbons (Fsp3) is 0.273. The summed E-state index contributed by atoms with van der Waals surface area (Å²) in [5.74, 6) is -0.897. The number of nitrogens with one attached hydrogen (secondary N) is 1. The van der Waals surface area contributed by atoms with Crippen LogP contribution < -0.4 is 11.1 Å². The van der Waals surface area contributed by atoms with E-state index >= 15 is 0 Å². The number of carboxylic acids is 1. The summed E-state index contributed by atoms with van der Waals surface area (Å²) in [6, 6.07) is 5.83. The van der Waals surface area contributed by atoms with Crippen LogP contribution in [-0.2, 0) is 4.79 Å². The molecule has 1 aromatic rings. The minimum absolute atomic E-state index is 0.111. The Morgan fingerprint density at radius 1 is 1.44 bits per heavy atom. The second kappa shape index (κ2) is 5.16. The summed E-state index contributed by atoms with van der Waals surface area (Å²) in [6.07, 6.45) is 0. The third kappa shape index (κ3) is 3.27. The second-order valence-electron chi connectivity index (χ2n) is 3.49. The zero-order valence-corrected chi connectivity index (χ0v) is 9.32. The molecule has 1 aromatic carbocycles. The van der Waals surface area contributed by atoms with Crippen LogP contribution >= 0.6 is 0 Å². The Kier molecular flexibility index (Phi) is 3.88. The zero-order chi connectivity index (χ0) is 12.1. The van der Waals surface area contributed by atoms with E-state index in [1.165, 1.54) is 0 Å². The van der Waals surface area contributed by atoms with Crippen LogP contribution in [0.4, 0.5) is 5.69 Å². The highest BCUT2D eigenvalue weighted by atomic mass is 16.4. The number of nitrogens with zero attached hydrogens (tertiary/aromatic N) is 1. The number of aryl methyl sites for hydroxylation is 2. The molecule has 5 heteroatoms. The average Bonchev–Trinajstić information content (AvgIpc) is 2.21. The Balaban J connectivity index is 2.80. The molecule has 0 fully saturated rings. The Morgan fingerprint density at radius 3 is 2.50 bits per heavy atom. The van der Waals surface area contributed by atoms with Gasteiger partial charge in [-0.25, -0.2) is 4.99 Å². The van der Waals surface area contributed by atoms with E-state index < -0.39 is 5.97 Å². The summed E-state index contributed by atoms with van der Waals surface area (Å²) in [5, 5.41) is 11.3. The lowest BCUT2D eigenvalue weighted by molar-refractivity contribution is -0.135. The fourth-order valence-electron chi connectivity index (χ4n) is 1.33. The first-order chi connectivity index (χ1) is 7.50. The molecule has 0 amide bonds. The second-order valence-corrected chi connectivity index (χ2v) is 3.49. The molecule has 5 nitrogen and oxygen atoms in total. The van der Waals surface area contributed by atoms with Crippen LogP contribution in [0.15, 0.2) is 23.2 Å². The van der Waals surface area contributed by atoms with E-state index in [9.17, 15) is 4.79 Å². The zero-order valence-electron chi connectivity index (χ0n) is 9.32. The molecule has 86 valence electrons. The lowest BCUT2D eigenvalue weighted by Gasteiger charge is -2.11. The normalized spacial score (nSPS) is 11.2. The number of carbonyl (C=O) groups is 1. The number of aliphatic imine (C=N–C) groups is 1. The molecule has 0 aliphatic heterocycles. The molecule has 0 aliphatic rings. The molecular formula is C11H15N3O2. The summed E-state index contributed by atoms with van der Waals surface area (Å²) < 4.78 is 0. The molecule has 0 aliphatic carbocycles. The first kappa shape index (κ1) is 12.0. The quantitative estimate of drug-likeness (QED) is 0.527. The predicted molar refractivity (Wildman–Crippen MR) is 63.7 cm³/mol. The SMILES string of the molecule is Cc1cccc(C)c1NC(N)=NCC(=O)O. The largest absolute Gasteiger partial charge is 0.480 e. The number of guanidine groups is 1. The Labute approximate surface area is 94.0 Å². The molecule has 4 N–H and O–H groups in total. The van der Waals surface area contributed by atoms with Gasteiger partial charge in [-0.1, -0.05) is 18.2 Å². The number of nitrogens with two attached hydrogens (primary N) is 1. The number of anilines is 1. The van der Waals surface area contributed by atoms with Crippen LogP contribution in [0.1, 0.15) is 11.1 Å². The van der Waals surface area contributed by atoms with Crippen molar-refractivity contribution in [1.29, 1.82) is 0 Å². The van der Waals surface area contributed by atoms with Gasteiger partial charge in [-0.05, 0) is 25.0 Å². The van der Waals surface area contributed by atoms with Gasteiger partial charge in [-0.2, -0.15) is 0 Å². The van der Waals surface area contributed by atoms with Gasteiger partial charge in [0.2, 0.25) is 0 Å². The van der Waals surface area contributed by atoms with Gasteiger partial charge in [0.05, 0.1) is 0 Å². The van der Waals surface area contributed by atoms with Crippen molar-refractivity contribution in [3.63, 3.8) is 0 Å². The molecule has 1 rings (SSSR count). The van der Waals surface area contributed by atoms with Gasteiger partial charge in [0, 0.05) is 5.69 Å². The van der Waals surface area contributed by atoms with Gasteiger partial charge >= 0.3 is 5.97 Å². The monoisotopic (exact) mass is 221 g/mol. The molecule has 0 atom stereocenters. The highest BCUT2D eigenvalue weighted by Crippen LogP contribution is 2.18. The summed E-state index contributed by atoms with van der Waals surface area (Å²) in [5.41, 5.74) is 8.51. The highest BCUT2D eigenvalue weighted by molar-refractivity contribution is 5.94. The molecule has 0 aromatic heterocycles. The maximum absolute atomic E-state index is 10.3. The van der Waals surface area contributed by atoms with Gasteiger partial charge in [0.25, 0.3) is 0 Å². The van der Waals surface area contributed by atoms with E-state index in [4.69, 9.17) is 10.8 Å². The molecule has 0 heterocycles. The fourth-order valence-corrected chi connectivity index (χ4v) is 1.33. The van der Waals surface area contributed by atoms with Crippen LogP contribution in [-0.4, -0.2) is 23.6 Å². The standard InChI is InChI=1S/C11H15N3O2/c1-7-4-3-5-8(2)10(7)14-11(12)13-6-9(15)16/h3-5H,6H2,1-2H3,(H,15,16)(H3,12,13,14). The molecule has 0 radical (unpaired) electrons. The lowest BCUT2D eigenvalue weighted by atomic mass is 10.1. The maximum Gasteiger partial charge on any atom is 0.325 e. The van der Waals surface area contributed by atoms with E-state index in [1.807, 2.05) is 32.0 Å². The first-order valence-corrected chi connectivity index (χ1v) is 4.85. The minimum atomic E-state index is -1.01. The lowest BCUT2D eigenvalue weighted by Crippen LogP contribution is -2.24. The molecule has 0 bridgehead atoms.